The van der Waals surface area contributed by atoms with Gasteiger partial charge in [-0.1, -0.05) is 18.2 Å². The highest BCUT2D eigenvalue weighted by atomic mass is 19.1. The summed E-state index contributed by atoms with van der Waals surface area (Å²) in [5.74, 6) is 0.643. The molecule has 32 heavy (non-hydrogen) atoms. The molecule has 7 nitrogen and oxygen atoms in total. The molecule has 0 aliphatic carbocycles. The van der Waals surface area contributed by atoms with E-state index in [-0.39, 0.29) is 11.6 Å². The summed E-state index contributed by atoms with van der Waals surface area (Å²) in [5.41, 5.74) is 3.67. The molecule has 2 N–H and O–H groups in total. The van der Waals surface area contributed by atoms with E-state index in [2.05, 4.69) is 20.3 Å². The van der Waals surface area contributed by atoms with Crippen molar-refractivity contribution in [1.82, 2.24) is 19.9 Å². The number of nitrogens with zero attached hydrogens (tertiary/aromatic N) is 3. The number of aromatic amines is 1. The van der Waals surface area contributed by atoms with Crippen LogP contribution in [0.4, 0.5) is 14.9 Å². The Balaban J connectivity index is 1.47. The zero-order chi connectivity index (χ0) is 22.1. The van der Waals surface area contributed by atoms with Crippen molar-refractivity contribution in [3.05, 3.63) is 60.5 Å². The van der Waals surface area contributed by atoms with E-state index in [1.54, 1.807) is 30.3 Å². The van der Waals surface area contributed by atoms with Crippen molar-refractivity contribution in [2.75, 3.05) is 25.5 Å². The van der Waals surface area contributed by atoms with Gasteiger partial charge in [0.05, 0.1) is 12.7 Å². The molecule has 8 heteroatoms. The lowest BCUT2D eigenvalue weighted by atomic mass is 10.1. The minimum atomic E-state index is -0.437. The smallest absolute Gasteiger partial charge is 0.321 e. The lowest BCUT2D eigenvalue weighted by Gasteiger charge is -2.16. The maximum Gasteiger partial charge on any atom is 0.321 e. The second-order valence-corrected chi connectivity index (χ2v) is 7.70. The number of para-hydroxylation sites is 1. The van der Waals surface area contributed by atoms with Crippen LogP contribution in [0.3, 0.4) is 0 Å². The Hall–Kier alpha value is -3.94. The summed E-state index contributed by atoms with van der Waals surface area (Å²) in [6, 6.07) is 13.8. The number of hydrogen-bond donors (Lipinski definition) is 2. The molecule has 0 atom stereocenters. The molecule has 0 unspecified atom stereocenters. The van der Waals surface area contributed by atoms with E-state index in [4.69, 9.17) is 4.74 Å². The van der Waals surface area contributed by atoms with Crippen LogP contribution in [0.5, 0.6) is 5.75 Å². The SMILES string of the molecule is COc1ccccc1-c1cnc2[nH]c(-c3cc(NC(=O)N4CCCC4)ccc3F)nc2c1. The number of fused-ring (bicyclic) bond motifs is 1. The highest BCUT2D eigenvalue weighted by Crippen LogP contribution is 2.32. The molecule has 0 bridgehead atoms. The number of nitrogens with one attached hydrogen (secondary N) is 2. The Morgan fingerprint density at radius 2 is 1.94 bits per heavy atom. The van der Waals surface area contributed by atoms with Gasteiger partial charge in [-0.15, -0.1) is 0 Å². The summed E-state index contributed by atoms with van der Waals surface area (Å²) in [6.45, 7) is 1.48. The number of rotatable bonds is 4. The summed E-state index contributed by atoms with van der Waals surface area (Å²) < 4.78 is 20.1. The van der Waals surface area contributed by atoms with Crippen LogP contribution in [0.25, 0.3) is 33.7 Å². The van der Waals surface area contributed by atoms with Crippen LogP contribution in [0.1, 0.15) is 12.8 Å². The number of likely N-dealkylation sites (tertiary alicyclic amines) is 1. The number of halogens is 1. The molecule has 4 aromatic rings. The van der Waals surface area contributed by atoms with Gasteiger partial charge < -0.3 is 19.9 Å². The fourth-order valence-electron chi connectivity index (χ4n) is 3.96. The predicted molar refractivity (Wildman–Crippen MR) is 121 cm³/mol. The first-order valence-corrected chi connectivity index (χ1v) is 10.5. The maximum atomic E-state index is 14.6. The van der Waals surface area contributed by atoms with Crippen LogP contribution in [-0.4, -0.2) is 46.1 Å². The van der Waals surface area contributed by atoms with Gasteiger partial charge in [0, 0.05) is 36.1 Å². The number of pyridine rings is 1. The van der Waals surface area contributed by atoms with Crippen LogP contribution < -0.4 is 10.1 Å². The molecule has 2 amide bonds. The summed E-state index contributed by atoms with van der Waals surface area (Å²) in [5, 5.41) is 2.85. The van der Waals surface area contributed by atoms with Crippen molar-refractivity contribution in [3.8, 4) is 28.3 Å². The van der Waals surface area contributed by atoms with Crippen LogP contribution in [0, 0.1) is 5.82 Å². The number of carbonyl (C=O) groups excluding carboxylic acids is 1. The largest absolute Gasteiger partial charge is 0.496 e. The lowest BCUT2D eigenvalue weighted by molar-refractivity contribution is 0.222. The molecule has 1 fully saturated rings. The number of urea groups is 1. The minimum Gasteiger partial charge on any atom is -0.496 e. The normalized spacial score (nSPS) is 13.5. The molecule has 0 radical (unpaired) electrons. The fourth-order valence-corrected chi connectivity index (χ4v) is 3.96. The van der Waals surface area contributed by atoms with Crippen LogP contribution in [0.15, 0.2) is 54.7 Å². The second kappa shape index (κ2) is 8.30. The van der Waals surface area contributed by atoms with Gasteiger partial charge in [0.25, 0.3) is 0 Å². The number of hydrogen-bond acceptors (Lipinski definition) is 4. The highest BCUT2D eigenvalue weighted by Gasteiger charge is 2.19. The topological polar surface area (TPSA) is 83.1 Å². The van der Waals surface area contributed by atoms with Gasteiger partial charge in [0.15, 0.2) is 5.65 Å². The molecule has 1 saturated heterocycles. The summed E-state index contributed by atoms with van der Waals surface area (Å²) in [4.78, 5) is 26.2. The van der Waals surface area contributed by atoms with Gasteiger partial charge in [0.2, 0.25) is 0 Å². The molecule has 5 rings (SSSR count). The molecule has 2 aromatic carbocycles. The Morgan fingerprint density at radius 1 is 1.12 bits per heavy atom. The van der Waals surface area contributed by atoms with Crippen LogP contribution in [-0.2, 0) is 0 Å². The molecule has 1 aliphatic heterocycles. The number of benzene rings is 2. The zero-order valence-electron chi connectivity index (χ0n) is 17.6. The number of H-pyrrole nitrogens is 1. The molecular formula is C24H22FN5O2. The number of aromatic nitrogens is 3. The van der Waals surface area contributed by atoms with Gasteiger partial charge in [-0.05, 0) is 43.2 Å². The number of amides is 2. The number of carbonyl (C=O) groups is 1. The summed E-state index contributed by atoms with van der Waals surface area (Å²) in [6.07, 6.45) is 3.74. The van der Waals surface area contributed by atoms with E-state index < -0.39 is 5.82 Å². The number of imidazole rings is 1. The molecule has 0 saturated carbocycles. The second-order valence-electron chi connectivity index (χ2n) is 7.70. The Kier molecular flexibility index (Phi) is 5.18. The van der Waals surface area contributed by atoms with Crippen molar-refractivity contribution < 1.29 is 13.9 Å². The van der Waals surface area contributed by atoms with Gasteiger partial charge in [-0.25, -0.2) is 19.2 Å². The van der Waals surface area contributed by atoms with Gasteiger partial charge in [-0.2, -0.15) is 0 Å². The first kappa shape index (κ1) is 20.0. The van der Waals surface area contributed by atoms with E-state index >= 15 is 0 Å². The van der Waals surface area contributed by atoms with Crippen molar-refractivity contribution in [2.45, 2.75) is 12.8 Å². The van der Waals surface area contributed by atoms with Gasteiger partial charge in [-0.3, -0.25) is 0 Å². The average molecular weight is 431 g/mol. The Bertz CT molecular complexity index is 1300. The van der Waals surface area contributed by atoms with E-state index in [1.165, 1.54) is 6.07 Å². The van der Waals surface area contributed by atoms with Crippen LogP contribution >= 0.6 is 0 Å². The number of anilines is 1. The monoisotopic (exact) mass is 431 g/mol. The van der Waals surface area contributed by atoms with Crippen molar-refractivity contribution in [1.29, 1.82) is 0 Å². The molecule has 0 spiro atoms. The van der Waals surface area contributed by atoms with Gasteiger partial charge in [0.1, 0.15) is 22.9 Å². The average Bonchev–Trinajstić information content (AvgIpc) is 3.50. The Labute approximate surface area is 184 Å². The first-order chi connectivity index (χ1) is 15.6. The standard InChI is InChI=1S/C24H22FN5O2/c1-32-21-7-3-2-6-17(21)15-12-20-23(26-14-15)29-22(28-20)18-13-16(8-9-19(18)25)27-24(31)30-10-4-5-11-30/h2-3,6-9,12-14H,4-5,10-11H2,1H3,(H,27,31)(H,26,28,29). The third-order valence-electron chi connectivity index (χ3n) is 5.62. The predicted octanol–water partition coefficient (Wildman–Crippen LogP) is 5.07. The molecule has 3 heterocycles. The highest BCUT2D eigenvalue weighted by molar-refractivity contribution is 5.90. The van der Waals surface area contributed by atoms with Gasteiger partial charge >= 0.3 is 6.03 Å². The van der Waals surface area contributed by atoms with Crippen molar-refractivity contribution in [3.63, 3.8) is 0 Å². The van der Waals surface area contributed by atoms with Crippen LogP contribution in [0.2, 0.25) is 0 Å². The van der Waals surface area contributed by atoms with Crippen molar-refractivity contribution >= 4 is 22.9 Å². The minimum absolute atomic E-state index is 0.173. The molecule has 1 aliphatic rings. The fraction of sp³-hybridized carbons (Fsp3) is 0.208. The maximum absolute atomic E-state index is 14.6. The van der Waals surface area contributed by atoms with E-state index in [0.29, 0.717) is 22.7 Å². The summed E-state index contributed by atoms with van der Waals surface area (Å²) >= 11 is 0. The van der Waals surface area contributed by atoms with E-state index in [1.807, 2.05) is 30.3 Å². The number of ether oxygens (including phenoxy) is 1. The quantitative estimate of drug-likeness (QED) is 0.473. The van der Waals surface area contributed by atoms with E-state index in [0.717, 1.165) is 42.8 Å². The van der Waals surface area contributed by atoms with Crippen molar-refractivity contribution in [2.24, 2.45) is 0 Å². The third kappa shape index (κ3) is 3.75. The first-order valence-electron chi connectivity index (χ1n) is 10.5. The Morgan fingerprint density at radius 3 is 2.75 bits per heavy atom. The van der Waals surface area contributed by atoms with E-state index in [9.17, 15) is 9.18 Å². The zero-order valence-corrected chi connectivity index (χ0v) is 17.6. The summed E-state index contributed by atoms with van der Waals surface area (Å²) in [7, 11) is 1.62. The molecule has 162 valence electrons. The third-order valence-corrected chi connectivity index (χ3v) is 5.62. The number of methoxy groups -OCH3 is 1. The molecule has 2 aromatic heterocycles. The lowest BCUT2D eigenvalue weighted by Crippen LogP contribution is -2.32. The molecular weight excluding hydrogens is 409 g/mol.